The molecule has 1 rings (SSSR count). The lowest BCUT2D eigenvalue weighted by molar-refractivity contribution is 0.0934. The summed E-state index contributed by atoms with van der Waals surface area (Å²) in [6.07, 6.45) is 0. The number of halogens is 2. The molecule has 0 bridgehead atoms. The van der Waals surface area contributed by atoms with E-state index in [4.69, 9.17) is 11.6 Å². The molecule has 0 unspecified atom stereocenters. The van der Waals surface area contributed by atoms with Gasteiger partial charge in [0.25, 0.3) is 5.91 Å². The van der Waals surface area contributed by atoms with E-state index in [0.717, 1.165) is 6.07 Å². The zero-order valence-corrected chi connectivity index (χ0v) is 7.65. The summed E-state index contributed by atoms with van der Waals surface area (Å²) in [6, 6.07) is 3.80. The molecule has 0 atom stereocenters. The quantitative estimate of drug-likeness (QED) is 0.711. The Kier molecular flexibility index (Phi) is 3.22. The molecule has 0 saturated carbocycles. The molecular weight excluding hydrogens is 195 g/mol. The zero-order valence-electron chi connectivity index (χ0n) is 6.90. The van der Waals surface area contributed by atoms with Crippen LogP contribution in [-0.4, -0.2) is 13.0 Å². The van der Waals surface area contributed by atoms with Crippen molar-refractivity contribution in [1.82, 2.24) is 10.9 Å². The second-order valence-corrected chi connectivity index (χ2v) is 2.76. The highest BCUT2D eigenvalue weighted by Crippen LogP contribution is 2.14. The molecule has 0 radical (unpaired) electrons. The smallest absolute Gasteiger partial charge is 0.268 e. The number of nitrogens with one attached hydrogen (secondary N) is 2. The van der Waals surface area contributed by atoms with Gasteiger partial charge in [-0.15, -0.1) is 0 Å². The molecule has 3 nitrogen and oxygen atoms in total. The minimum atomic E-state index is -0.600. The van der Waals surface area contributed by atoms with Crippen molar-refractivity contribution in [3.8, 4) is 0 Å². The van der Waals surface area contributed by atoms with Crippen molar-refractivity contribution in [2.75, 3.05) is 7.05 Å². The van der Waals surface area contributed by atoms with Crippen LogP contribution in [0.15, 0.2) is 18.2 Å². The third kappa shape index (κ3) is 2.40. The average molecular weight is 203 g/mol. The third-order valence-corrected chi connectivity index (χ3v) is 1.65. The van der Waals surface area contributed by atoms with Crippen LogP contribution in [0.4, 0.5) is 4.39 Å². The fourth-order valence-corrected chi connectivity index (χ4v) is 1.02. The third-order valence-electron chi connectivity index (χ3n) is 1.41. The van der Waals surface area contributed by atoms with Crippen molar-refractivity contribution < 1.29 is 9.18 Å². The van der Waals surface area contributed by atoms with E-state index in [2.05, 4.69) is 10.9 Å². The number of hydrogen-bond donors (Lipinski definition) is 2. The maximum atomic E-state index is 13.0. The van der Waals surface area contributed by atoms with Gasteiger partial charge in [0, 0.05) is 12.1 Å². The largest absolute Gasteiger partial charge is 0.288 e. The van der Waals surface area contributed by atoms with E-state index >= 15 is 0 Å². The average Bonchev–Trinajstić information content (AvgIpc) is 2.09. The van der Waals surface area contributed by atoms with Crippen LogP contribution in [0.1, 0.15) is 10.4 Å². The molecule has 1 aromatic rings. The zero-order chi connectivity index (χ0) is 9.84. The Balaban J connectivity index is 2.99. The van der Waals surface area contributed by atoms with E-state index < -0.39 is 11.7 Å². The Morgan fingerprint density at radius 3 is 2.85 bits per heavy atom. The van der Waals surface area contributed by atoms with Crippen molar-refractivity contribution in [3.63, 3.8) is 0 Å². The van der Waals surface area contributed by atoms with Crippen LogP contribution in [0.3, 0.4) is 0 Å². The first kappa shape index (κ1) is 9.95. The first-order valence-corrected chi connectivity index (χ1v) is 3.95. The standard InChI is InChI=1S/C8H8ClFN2O/c1-11-12-8(13)6-4-5(9)2-3-7(6)10/h2-4,11H,1H3,(H,12,13). The molecule has 70 valence electrons. The number of carbonyl (C=O) groups is 1. The summed E-state index contributed by atoms with van der Waals surface area (Å²) in [4.78, 5) is 11.1. The predicted octanol–water partition coefficient (Wildman–Crippen LogP) is 1.34. The highest BCUT2D eigenvalue weighted by molar-refractivity contribution is 6.30. The Bertz CT molecular complexity index is 330. The Hall–Kier alpha value is -1.13. The molecule has 0 aliphatic carbocycles. The lowest BCUT2D eigenvalue weighted by Gasteiger charge is -2.03. The normalized spacial score (nSPS) is 9.77. The second kappa shape index (κ2) is 4.20. The Morgan fingerprint density at radius 2 is 2.23 bits per heavy atom. The molecule has 0 aliphatic heterocycles. The molecule has 5 heteroatoms. The predicted molar refractivity (Wildman–Crippen MR) is 47.9 cm³/mol. The van der Waals surface area contributed by atoms with Gasteiger partial charge in [-0.1, -0.05) is 11.6 Å². The van der Waals surface area contributed by atoms with E-state index in [0.29, 0.717) is 5.02 Å². The highest BCUT2D eigenvalue weighted by atomic mass is 35.5. The SMILES string of the molecule is CNNC(=O)c1cc(Cl)ccc1F. The first-order valence-electron chi connectivity index (χ1n) is 3.57. The van der Waals surface area contributed by atoms with Gasteiger partial charge >= 0.3 is 0 Å². The number of amides is 1. The number of benzene rings is 1. The summed E-state index contributed by atoms with van der Waals surface area (Å²) in [6.45, 7) is 0. The van der Waals surface area contributed by atoms with E-state index in [1.807, 2.05) is 0 Å². The van der Waals surface area contributed by atoms with Crippen LogP contribution in [0, 0.1) is 5.82 Å². The van der Waals surface area contributed by atoms with Crippen LogP contribution in [0.2, 0.25) is 5.02 Å². The monoisotopic (exact) mass is 202 g/mol. The van der Waals surface area contributed by atoms with Crippen molar-refractivity contribution >= 4 is 17.5 Å². The molecule has 0 aromatic heterocycles. The molecule has 2 N–H and O–H groups in total. The van der Waals surface area contributed by atoms with Crippen LogP contribution in [0.5, 0.6) is 0 Å². The van der Waals surface area contributed by atoms with Crippen LogP contribution in [0.25, 0.3) is 0 Å². The molecule has 1 amide bonds. The summed E-state index contributed by atoms with van der Waals surface area (Å²) in [7, 11) is 1.51. The fraction of sp³-hybridized carbons (Fsp3) is 0.125. The van der Waals surface area contributed by atoms with Gasteiger partial charge in [-0.3, -0.25) is 10.2 Å². The van der Waals surface area contributed by atoms with Gasteiger partial charge in [0.05, 0.1) is 5.56 Å². The van der Waals surface area contributed by atoms with E-state index in [9.17, 15) is 9.18 Å². The molecule has 0 saturated heterocycles. The molecule has 0 spiro atoms. The summed E-state index contributed by atoms with van der Waals surface area (Å²) in [5.74, 6) is -1.15. The highest BCUT2D eigenvalue weighted by Gasteiger charge is 2.10. The van der Waals surface area contributed by atoms with Gasteiger partial charge < -0.3 is 0 Å². The minimum absolute atomic E-state index is 0.0816. The molecular formula is C8H8ClFN2O. The maximum Gasteiger partial charge on any atom is 0.268 e. The number of carbonyl (C=O) groups excluding carboxylic acids is 1. The Morgan fingerprint density at radius 1 is 1.54 bits per heavy atom. The first-order chi connectivity index (χ1) is 6.15. The molecule has 13 heavy (non-hydrogen) atoms. The molecule has 0 heterocycles. The van der Waals surface area contributed by atoms with Gasteiger partial charge in [-0.25, -0.2) is 9.82 Å². The van der Waals surface area contributed by atoms with Gasteiger partial charge in [0.2, 0.25) is 0 Å². The summed E-state index contributed by atoms with van der Waals surface area (Å²) in [5, 5.41) is 0.322. The molecule has 0 aliphatic rings. The molecule has 0 fully saturated rings. The maximum absolute atomic E-state index is 13.0. The van der Waals surface area contributed by atoms with Crippen molar-refractivity contribution in [1.29, 1.82) is 0 Å². The van der Waals surface area contributed by atoms with Gasteiger partial charge in [-0.2, -0.15) is 0 Å². The lowest BCUT2D eigenvalue weighted by Crippen LogP contribution is -2.34. The molecule has 1 aromatic carbocycles. The van der Waals surface area contributed by atoms with E-state index in [-0.39, 0.29) is 5.56 Å². The van der Waals surface area contributed by atoms with Crippen LogP contribution < -0.4 is 10.9 Å². The summed E-state index contributed by atoms with van der Waals surface area (Å²) in [5.41, 5.74) is 4.56. The number of hydrogen-bond acceptors (Lipinski definition) is 2. The van der Waals surface area contributed by atoms with Crippen molar-refractivity contribution in [3.05, 3.63) is 34.6 Å². The minimum Gasteiger partial charge on any atom is -0.288 e. The number of rotatable bonds is 2. The van der Waals surface area contributed by atoms with Crippen LogP contribution >= 0.6 is 11.6 Å². The van der Waals surface area contributed by atoms with Crippen molar-refractivity contribution in [2.24, 2.45) is 0 Å². The van der Waals surface area contributed by atoms with E-state index in [1.165, 1.54) is 19.2 Å². The topological polar surface area (TPSA) is 41.1 Å². The summed E-state index contributed by atoms with van der Waals surface area (Å²) >= 11 is 5.59. The van der Waals surface area contributed by atoms with Crippen molar-refractivity contribution in [2.45, 2.75) is 0 Å². The summed E-state index contributed by atoms with van der Waals surface area (Å²) < 4.78 is 13.0. The fourth-order valence-electron chi connectivity index (χ4n) is 0.852. The van der Waals surface area contributed by atoms with E-state index in [1.54, 1.807) is 0 Å². The van der Waals surface area contributed by atoms with Gasteiger partial charge in [0.15, 0.2) is 0 Å². The Labute approximate surface area is 79.9 Å². The van der Waals surface area contributed by atoms with Gasteiger partial charge in [0.1, 0.15) is 5.82 Å². The lowest BCUT2D eigenvalue weighted by atomic mass is 10.2. The second-order valence-electron chi connectivity index (χ2n) is 2.33. The van der Waals surface area contributed by atoms with Gasteiger partial charge in [-0.05, 0) is 18.2 Å². The van der Waals surface area contributed by atoms with Crippen LogP contribution in [-0.2, 0) is 0 Å². The number of hydrazine groups is 1.